The molecule has 88 valence electrons. The molecule has 0 unspecified atom stereocenters. The zero-order valence-corrected chi connectivity index (χ0v) is 8.75. The molecule has 17 heavy (non-hydrogen) atoms. The third-order valence-electron chi connectivity index (χ3n) is 2.50. The van der Waals surface area contributed by atoms with Crippen LogP contribution >= 0.6 is 0 Å². The Morgan fingerprint density at radius 1 is 0.824 bits per heavy atom. The van der Waals surface area contributed by atoms with Gasteiger partial charge in [-0.05, 0) is 6.07 Å². The van der Waals surface area contributed by atoms with Crippen molar-refractivity contribution in [1.29, 1.82) is 0 Å². The Bertz CT molecular complexity index is 552. The van der Waals surface area contributed by atoms with Crippen LogP contribution in [-0.2, 0) is 6.61 Å². The predicted molar refractivity (Wildman–Crippen MR) is 57.7 cm³/mol. The molecule has 0 atom stereocenters. The van der Waals surface area contributed by atoms with Crippen molar-refractivity contribution in [3.05, 3.63) is 59.4 Å². The minimum Gasteiger partial charge on any atom is -0.392 e. The Kier molecular flexibility index (Phi) is 3.15. The quantitative estimate of drug-likeness (QED) is 0.851. The summed E-state index contributed by atoms with van der Waals surface area (Å²) in [5, 5.41) is 8.78. The number of hydrogen-bond acceptors (Lipinski definition) is 1. The third kappa shape index (κ3) is 2.03. The van der Waals surface area contributed by atoms with Gasteiger partial charge in [-0.25, -0.2) is 13.2 Å². The molecule has 0 spiro atoms. The van der Waals surface area contributed by atoms with Gasteiger partial charge < -0.3 is 5.11 Å². The zero-order valence-electron chi connectivity index (χ0n) is 8.75. The molecule has 0 aliphatic carbocycles. The molecule has 4 heteroatoms. The maximum absolute atomic E-state index is 13.7. The minimum atomic E-state index is -1.15. The lowest BCUT2D eigenvalue weighted by Gasteiger charge is -2.07. The monoisotopic (exact) mass is 238 g/mol. The lowest BCUT2D eigenvalue weighted by Crippen LogP contribution is -1.97. The van der Waals surface area contributed by atoms with Gasteiger partial charge in [-0.15, -0.1) is 0 Å². The summed E-state index contributed by atoms with van der Waals surface area (Å²) in [6, 6.07) is 8.03. The molecule has 2 aromatic carbocycles. The Hall–Kier alpha value is -1.81. The molecule has 0 saturated heterocycles. The van der Waals surface area contributed by atoms with Crippen LogP contribution in [0.2, 0.25) is 0 Å². The van der Waals surface area contributed by atoms with E-state index in [1.807, 2.05) is 0 Å². The Balaban J connectivity index is 2.62. The van der Waals surface area contributed by atoms with E-state index in [4.69, 9.17) is 5.11 Å². The molecule has 0 bridgehead atoms. The van der Waals surface area contributed by atoms with Crippen LogP contribution in [0.1, 0.15) is 5.56 Å². The van der Waals surface area contributed by atoms with E-state index in [0.717, 1.165) is 0 Å². The van der Waals surface area contributed by atoms with E-state index in [0.29, 0.717) is 0 Å². The van der Waals surface area contributed by atoms with Crippen LogP contribution in [0, 0.1) is 17.5 Å². The highest BCUT2D eigenvalue weighted by Crippen LogP contribution is 2.28. The minimum absolute atomic E-state index is 0.00612. The molecule has 0 fully saturated rings. The summed E-state index contributed by atoms with van der Waals surface area (Å²) in [6.45, 7) is -0.597. The van der Waals surface area contributed by atoms with Gasteiger partial charge in [0.2, 0.25) is 0 Å². The molecule has 1 N–H and O–H groups in total. The first-order valence-corrected chi connectivity index (χ1v) is 4.97. The maximum Gasteiger partial charge on any atom is 0.167 e. The second-order valence-electron chi connectivity index (χ2n) is 3.54. The van der Waals surface area contributed by atoms with Crippen molar-refractivity contribution >= 4 is 0 Å². The lowest BCUT2D eigenvalue weighted by molar-refractivity contribution is 0.273. The van der Waals surface area contributed by atoms with E-state index < -0.39 is 24.1 Å². The summed E-state index contributed by atoms with van der Waals surface area (Å²) in [5.41, 5.74) is -0.311. The van der Waals surface area contributed by atoms with Gasteiger partial charge in [0.1, 0.15) is 5.82 Å². The van der Waals surface area contributed by atoms with Gasteiger partial charge in [-0.1, -0.05) is 30.3 Å². The molecular formula is C13H9F3O. The fraction of sp³-hybridized carbons (Fsp3) is 0.0769. The first-order valence-electron chi connectivity index (χ1n) is 4.97. The van der Waals surface area contributed by atoms with Crippen LogP contribution in [-0.4, -0.2) is 5.11 Å². The van der Waals surface area contributed by atoms with E-state index in [1.165, 1.54) is 36.4 Å². The van der Waals surface area contributed by atoms with Crippen molar-refractivity contribution in [3.63, 3.8) is 0 Å². The van der Waals surface area contributed by atoms with Crippen LogP contribution in [0.3, 0.4) is 0 Å². The highest BCUT2D eigenvalue weighted by atomic mass is 19.2. The lowest BCUT2D eigenvalue weighted by atomic mass is 10.0. The second kappa shape index (κ2) is 4.59. The van der Waals surface area contributed by atoms with Crippen LogP contribution < -0.4 is 0 Å². The van der Waals surface area contributed by atoms with Crippen molar-refractivity contribution in [2.24, 2.45) is 0 Å². The Labute approximate surface area is 96.1 Å². The van der Waals surface area contributed by atoms with Gasteiger partial charge in [-0.3, -0.25) is 0 Å². The summed E-state index contributed by atoms with van der Waals surface area (Å²) < 4.78 is 40.5. The van der Waals surface area contributed by atoms with E-state index in [2.05, 4.69) is 0 Å². The molecule has 0 aromatic heterocycles. The second-order valence-corrected chi connectivity index (χ2v) is 3.54. The largest absolute Gasteiger partial charge is 0.392 e. The van der Waals surface area contributed by atoms with Gasteiger partial charge in [0.25, 0.3) is 0 Å². The highest BCUT2D eigenvalue weighted by molar-refractivity contribution is 5.65. The Morgan fingerprint density at radius 2 is 1.53 bits per heavy atom. The topological polar surface area (TPSA) is 20.2 Å². The molecule has 2 rings (SSSR count). The van der Waals surface area contributed by atoms with E-state index in [9.17, 15) is 13.2 Å². The van der Waals surface area contributed by atoms with Gasteiger partial charge in [0.15, 0.2) is 11.6 Å². The average molecular weight is 238 g/mol. The van der Waals surface area contributed by atoms with Gasteiger partial charge in [0.05, 0.1) is 6.61 Å². The van der Waals surface area contributed by atoms with Crippen LogP contribution in [0.4, 0.5) is 13.2 Å². The van der Waals surface area contributed by atoms with Crippen molar-refractivity contribution in [2.75, 3.05) is 0 Å². The Morgan fingerprint density at radius 3 is 2.18 bits per heavy atom. The molecule has 0 radical (unpaired) electrons. The molecule has 2 aromatic rings. The number of benzene rings is 2. The van der Waals surface area contributed by atoms with E-state index in [1.54, 1.807) is 0 Å². The predicted octanol–water partition coefficient (Wildman–Crippen LogP) is 3.26. The molecule has 0 heterocycles. The normalized spacial score (nSPS) is 10.6. The summed E-state index contributed by atoms with van der Waals surface area (Å²) in [7, 11) is 0. The van der Waals surface area contributed by atoms with Crippen molar-refractivity contribution in [3.8, 4) is 11.1 Å². The van der Waals surface area contributed by atoms with E-state index >= 15 is 0 Å². The summed E-state index contributed by atoms with van der Waals surface area (Å²) in [6.07, 6.45) is 0. The van der Waals surface area contributed by atoms with Crippen molar-refractivity contribution in [2.45, 2.75) is 6.61 Å². The zero-order chi connectivity index (χ0) is 12.4. The number of hydrogen-bond donors (Lipinski definition) is 1. The highest BCUT2D eigenvalue weighted by Gasteiger charge is 2.16. The van der Waals surface area contributed by atoms with Gasteiger partial charge >= 0.3 is 0 Å². The van der Waals surface area contributed by atoms with Crippen molar-refractivity contribution in [1.82, 2.24) is 0 Å². The van der Waals surface area contributed by atoms with Crippen LogP contribution in [0.5, 0.6) is 0 Å². The SMILES string of the molecule is OCc1ccc(-c2ccccc2F)c(F)c1F. The van der Waals surface area contributed by atoms with Crippen LogP contribution in [0.15, 0.2) is 36.4 Å². The molecule has 0 saturated carbocycles. The number of halogens is 3. The third-order valence-corrected chi connectivity index (χ3v) is 2.50. The fourth-order valence-electron chi connectivity index (χ4n) is 1.60. The molecule has 0 aliphatic heterocycles. The van der Waals surface area contributed by atoms with E-state index in [-0.39, 0.29) is 16.7 Å². The maximum atomic E-state index is 13.7. The molecular weight excluding hydrogens is 229 g/mol. The molecule has 0 amide bonds. The first kappa shape index (κ1) is 11.7. The van der Waals surface area contributed by atoms with Gasteiger partial charge in [0, 0.05) is 16.7 Å². The number of aliphatic hydroxyl groups is 1. The fourth-order valence-corrected chi connectivity index (χ4v) is 1.60. The standard InChI is InChI=1S/C13H9F3O/c14-11-4-2-1-3-9(11)10-6-5-8(7-17)12(15)13(10)16/h1-6,17H,7H2. The average Bonchev–Trinajstić information content (AvgIpc) is 2.34. The smallest absolute Gasteiger partial charge is 0.167 e. The first-order chi connectivity index (χ1) is 8.15. The number of aliphatic hydroxyl groups excluding tert-OH is 1. The summed E-state index contributed by atoms with van der Waals surface area (Å²) in [4.78, 5) is 0. The van der Waals surface area contributed by atoms with Crippen molar-refractivity contribution < 1.29 is 18.3 Å². The summed E-state index contributed by atoms with van der Waals surface area (Å²) >= 11 is 0. The van der Waals surface area contributed by atoms with Gasteiger partial charge in [-0.2, -0.15) is 0 Å². The number of rotatable bonds is 2. The summed E-state index contributed by atoms with van der Waals surface area (Å²) in [5.74, 6) is -2.92. The van der Waals surface area contributed by atoms with Crippen LogP contribution in [0.25, 0.3) is 11.1 Å². The molecule has 1 nitrogen and oxygen atoms in total. The molecule has 0 aliphatic rings.